The average molecular weight is 350 g/mol. The molecule has 1 saturated carbocycles. The second-order valence-electron chi connectivity index (χ2n) is 6.68. The Labute approximate surface area is 147 Å². The first-order valence-corrected chi connectivity index (χ1v) is 10.2. The fourth-order valence-corrected chi connectivity index (χ4v) is 4.12. The topological polar surface area (TPSA) is 67.2 Å². The molecule has 0 radical (unpaired) electrons. The SMILES string of the molecule is CSCC(=O)N1CCC(n2nccc2NC(=O)C2CCCC2)CC1. The average Bonchev–Trinajstić information content (AvgIpc) is 3.27. The number of likely N-dealkylation sites (tertiary alicyclic amines) is 1. The zero-order valence-electron chi connectivity index (χ0n) is 14.2. The molecule has 0 bridgehead atoms. The number of carbonyl (C=O) groups is 2. The number of thioether (sulfide) groups is 1. The van der Waals surface area contributed by atoms with Gasteiger partial charge in [0.2, 0.25) is 11.8 Å². The molecule has 24 heavy (non-hydrogen) atoms. The van der Waals surface area contributed by atoms with Crippen molar-refractivity contribution >= 4 is 29.4 Å². The molecule has 6 nitrogen and oxygen atoms in total. The van der Waals surface area contributed by atoms with Crippen LogP contribution >= 0.6 is 11.8 Å². The molecular formula is C17H26N4O2S. The monoisotopic (exact) mass is 350 g/mol. The van der Waals surface area contributed by atoms with E-state index in [1.165, 1.54) is 0 Å². The Morgan fingerprint density at radius 1 is 1.25 bits per heavy atom. The lowest BCUT2D eigenvalue weighted by atomic mass is 10.1. The zero-order chi connectivity index (χ0) is 16.9. The predicted molar refractivity (Wildman–Crippen MR) is 96.0 cm³/mol. The van der Waals surface area contributed by atoms with Crippen molar-refractivity contribution in [3.05, 3.63) is 12.3 Å². The van der Waals surface area contributed by atoms with Crippen molar-refractivity contribution in [2.75, 3.05) is 30.4 Å². The Morgan fingerprint density at radius 2 is 1.96 bits per heavy atom. The molecule has 1 aliphatic heterocycles. The normalized spacial score (nSPS) is 19.6. The van der Waals surface area contributed by atoms with Gasteiger partial charge in [-0.2, -0.15) is 16.9 Å². The minimum atomic E-state index is 0.127. The van der Waals surface area contributed by atoms with Gasteiger partial charge in [-0.05, 0) is 31.9 Å². The lowest BCUT2D eigenvalue weighted by molar-refractivity contribution is -0.129. The van der Waals surface area contributed by atoms with E-state index >= 15 is 0 Å². The molecular weight excluding hydrogens is 324 g/mol. The zero-order valence-corrected chi connectivity index (χ0v) is 15.1. The number of aromatic nitrogens is 2. The van der Waals surface area contributed by atoms with E-state index in [9.17, 15) is 9.59 Å². The third-order valence-electron chi connectivity index (χ3n) is 5.08. The van der Waals surface area contributed by atoms with Gasteiger partial charge < -0.3 is 10.2 Å². The molecule has 0 spiro atoms. The van der Waals surface area contributed by atoms with Gasteiger partial charge in [0.1, 0.15) is 5.82 Å². The lowest BCUT2D eigenvalue weighted by Gasteiger charge is -2.32. The molecule has 1 aromatic heterocycles. The Hall–Kier alpha value is -1.50. The largest absolute Gasteiger partial charge is 0.342 e. The molecule has 7 heteroatoms. The summed E-state index contributed by atoms with van der Waals surface area (Å²) >= 11 is 1.57. The van der Waals surface area contributed by atoms with Gasteiger partial charge in [-0.15, -0.1) is 0 Å². The number of carbonyl (C=O) groups excluding carboxylic acids is 2. The van der Waals surface area contributed by atoms with E-state index in [-0.39, 0.29) is 23.8 Å². The van der Waals surface area contributed by atoms with Crippen molar-refractivity contribution in [2.45, 2.75) is 44.6 Å². The summed E-state index contributed by atoms with van der Waals surface area (Å²) in [6.07, 6.45) is 9.76. The molecule has 1 aromatic rings. The number of hydrogen-bond acceptors (Lipinski definition) is 4. The van der Waals surface area contributed by atoms with Crippen molar-refractivity contribution in [3.63, 3.8) is 0 Å². The molecule has 2 fully saturated rings. The van der Waals surface area contributed by atoms with E-state index in [2.05, 4.69) is 10.4 Å². The molecule has 0 aromatic carbocycles. The van der Waals surface area contributed by atoms with Gasteiger partial charge in [0.25, 0.3) is 0 Å². The number of amides is 2. The summed E-state index contributed by atoms with van der Waals surface area (Å²) in [6.45, 7) is 1.53. The molecule has 0 unspecified atom stereocenters. The molecule has 132 valence electrons. The van der Waals surface area contributed by atoms with Gasteiger partial charge in [-0.1, -0.05) is 12.8 Å². The van der Waals surface area contributed by atoms with Crippen LogP contribution in [0.2, 0.25) is 0 Å². The molecule has 2 heterocycles. The summed E-state index contributed by atoms with van der Waals surface area (Å²) in [7, 11) is 0. The van der Waals surface area contributed by atoms with Gasteiger partial charge in [0, 0.05) is 25.1 Å². The van der Waals surface area contributed by atoms with Gasteiger partial charge in [-0.3, -0.25) is 9.59 Å². The van der Waals surface area contributed by atoms with Crippen LogP contribution in [0.4, 0.5) is 5.82 Å². The summed E-state index contributed by atoms with van der Waals surface area (Å²) in [5.74, 6) is 1.84. The van der Waals surface area contributed by atoms with Crippen molar-refractivity contribution in [3.8, 4) is 0 Å². The number of anilines is 1. The van der Waals surface area contributed by atoms with E-state index in [0.29, 0.717) is 5.75 Å². The highest BCUT2D eigenvalue weighted by Crippen LogP contribution is 2.28. The van der Waals surface area contributed by atoms with Crippen LogP contribution in [0.1, 0.15) is 44.6 Å². The van der Waals surface area contributed by atoms with E-state index < -0.39 is 0 Å². The Morgan fingerprint density at radius 3 is 2.62 bits per heavy atom. The van der Waals surface area contributed by atoms with Crippen LogP contribution in [0.3, 0.4) is 0 Å². The summed E-state index contributed by atoms with van der Waals surface area (Å²) in [4.78, 5) is 26.3. The van der Waals surface area contributed by atoms with Crippen molar-refractivity contribution in [1.82, 2.24) is 14.7 Å². The van der Waals surface area contributed by atoms with Crippen LogP contribution in [-0.4, -0.2) is 51.6 Å². The Kier molecular flexibility index (Phi) is 5.81. The van der Waals surface area contributed by atoms with Gasteiger partial charge in [0.05, 0.1) is 18.0 Å². The van der Waals surface area contributed by atoms with Crippen LogP contribution in [0.5, 0.6) is 0 Å². The number of piperidine rings is 1. The van der Waals surface area contributed by atoms with Crippen LogP contribution in [0.15, 0.2) is 12.3 Å². The molecule has 3 rings (SSSR count). The maximum Gasteiger partial charge on any atom is 0.232 e. The van der Waals surface area contributed by atoms with Gasteiger partial charge >= 0.3 is 0 Å². The fraction of sp³-hybridized carbons (Fsp3) is 0.706. The number of hydrogen-bond donors (Lipinski definition) is 1. The first-order valence-electron chi connectivity index (χ1n) is 8.80. The summed E-state index contributed by atoms with van der Waals surface area (Å²) in [5.41, 5.74) is 0. The maximum atomic E-state index is 12.4. The highest BCUT2D eigenvalue weighted by molar-refractivity contribution is 7.99. The molecule has 2 aliphatic rings. The van der Waals surface area contributed by atoms with E-state index in [1.807, 2.05) is 21.9 Å². The summed E-state index contributed by atoms with van der Waals surface area (Å²) in [5, 5.41) is 7.48. The smallest absolute Gasteiger partial charge is 0.232 e. The van der Waals surface area contributed by atoms with Crippen molar-refractivity contribution in [1.29, 1.82) is 0 Å². The van der Waals surface area contributed by atoms with Crippen molar-refractivity contribution in [2.24, 2.45) is 5.92 Å². The second-order valence-corrected chi connectivity index (χ2v) is 7.54. The lowest BCUT2D eigenvalue weighted by Crippen LogP contribution is -2.40. The Balaban J connectivity index is 1.57. The quantitative estimate of drug-likeness (QED) is 0.886. The number of rotatable bonds is 5. The first kappa shape index (κ1) is 17.3. The number of nitrogens with zero attached hydrogens (tertiary/aromatic N) is 3. The van der Waals surface area contributed by atoms with Crippen LogP contribution in [0.25, 0.3) is 0 Å². The fourth-order valence-electron chi connectivity index (χ4n) is 3.70. The molecule has 1 N–H and O–H groups in total. The minimum Gasteiger partial charge on any atom is -0.342 e. The third-order valence-corrected chi connectivity index (χ3v) is 5.61. The van der Waals surface area contributed by atoms with E-state index in [1.54, 1.807) is 18.0 Å². The van der Waals surface area contributed by atoms with Gasteiger partial charge in [-0.25, -0.2) is 4.68 Å². The number of nitrogens with one attached hydrogen (secondary N) is 1. The standard InChI is InChI=1S/C17H26N4O2S/c1-24-12-16(22)20-10-7-14(8-11-20)21-15(6-9-18-21)19-17(23)13-4-2-3-5-13/h6,9,13-14H,2-5,7-8,10-12H2,1H3,(H,19,23). The molecule has 1 saturated heterocycles. The van der Waals surface area contributed by atoms with Crippen LogP contribution < -0.4 is 5.32 Å². The maximum absolute atomic E-state index is 12.4. The van der Waals surface area contributed by atoms with Crippen LogP contribution in [-0.2, 0) is 9.59 Å². The molecule has 1 aliphatic carbocycles. The third kappa shape index (κ3) is 3.94. The molecule has 0 atom stereocenters. The Bertz CT molecular complexity index is 575. The second kappa shape index (κ2) is 8.05. The highest BCUT2D eigenvalue weighted by atomic mass is 32.2. The summed E-state index contributed by atoms with van der Waals surface area (Å²) in [6, 6.07) is 2.12. The highest BCUT2D eigenvalue weighted by Gasteiger charge is 2.27. The van der Waals surface area contributed by atoms with E-state index in [0.717, 1.165) is 57.4 Å². The van der Waals surface area contributed by atoms with Crippen LogP contribution in [0, 0.1) is 5.92 Å². The van der Waals surface area contributed by atoms with Gasteiger partial charge in [0.15, 0.2) is 0 Å². The first-order chi connectivity index (χ1) is 11.7. The minimum absolute atomic E-state index is 0.127. The molecule has 2 amide bonds. The van der Waals surface area contributed by atoms with Crippen molar-refractivity contribution < 1.29 is 9.59 Å². The predicted octanol–water partition coefficient (Wildman–Crippen LogP) is 2.54. The summed E-state index contributed by atoms with van der Waals surface area (Å²) < 4.78 is 1.93. The van der Waals surface area contributed by atoms with E-state index in [4.69, 9.17) is 0 Å².